The van der Waals surface area contributed by atoms with Crippen molar-refractivity contribution in [1.82, 2.24) is 9.88 Å². The van der Waals surface area contributed by atoms with Crippen LogP contribution in [-0.2, 0) is 22.3 Å². The van der Waals surface area contributed by atoms with Crippen molar-refractivity contribution in [2.75, 3.05) is 38.7 Å². The van der Waals surface area contributed by atoms with Gasteiger partial charge in [-0.05, 0) is 80.5 Å². The Kier molecular flexibility index (Phi) is 11.3. The van der Waals surface area contributed by atoms with Crippen LogP contribution in [-0.4, -0.2) is 72.0 Å². The molecule has 51 heavy (non-hydrogen) atoms. The van der Waals surface area contributed by atoms with Gasteiger partial charge in [0.2, 0.25) is 0 Å². The number of carbonyl (C=O) groups excluding carboxylic acids is 2. The number of amides is 2. The first kappa shape index (κ1) is 36.3. The van der Waals surface area contributed by atoms with Crippen LogP contribution in [0.15, 0.2) is 65.7 Å². The molecule has 0 spiro atoms. The number of aromatic nitrogens is 1. The lowest BCUT2D eigenvalue weighted by molar-refractivity contribution is -0.141. The zero-order chi connectivity index (χ0) is 36.0. The number of ether oxygens (including phenoxy) is 3. The predicted octanol–water partition coefficient (Wildman–Crippen LogP) is 5.52. The topological polar surface area (TPSA) is 123 Å². The van der Waals surface area contributed by atoms with Gasteiger partial charge in [0.1, 0.15) is 23.7 Å². The Balaban J connectivity index is 0.937. The van der Waals surface area contributed by atoms with Crippen LogP contribution in [0.25, 0.3) is 6.08 Å². The quantitative estimate of drug-likeness (QED) is 0.252. The van der Waals surface area contributed by atoms with E-state index in [4.69, 9.17) is 19.2 Å². The average molecular weight is 709 g/mol. The van der Waals surface area contributed by atoms with Gasteiger partial charge in [-0.1, -0.05) is 42.5 Å². The molecule has 1 aliphatic carbocycles. The number of carbonyl (C=O) groups is 2. The number of hydrogen-bond donors (Lipinski definition) is 2. The molecule has 1 saturated carbocycles. The largest absolute Gasteiger partial charge is 0.494 e. The third kappa shape index (κ3) is 9.25. The Morgan fingerprint density at radius 1 is 1.02 bits per heavy atom. The molecule has 3 aliphatic rings. The summed E-state index contributed by atoms with van der Waals surface area (Å²) in [7, 11) is 1.44. The van der Waals surface area contributed by atoms with E-state index in [0.717, 1.165) is 55.0 Å². The van der Waals surface area contributed by atoms with E-state index >= 15 is 0 Å². The molecule has 272 valence electrons. The van der Waals surface area contributed by atoms with Gasteiger partial charge >= 0.3 is 12.3 Å². The van der Waals surface area contributed by atoms with Gasteiger partial charge in [-0.3, -0.25) is 9.79 Å². The lowest BCUT2D eigenvalue weighted by Gasteiger charge is -2.37. The van der Waals surface area contributed by atoms with Crippen molar-refractivity contribution in [3.8, 4) is 5.75 Å². The van der Waals surface area contributed by atoms with E-state index in [-0.39, 0.29) is 37.0 Å². The number of anilines is 1. The highest BCUT2D eigenvalue weighted by molar-refractivity contribution is 6.03. The molecule has 2 aliphatic heterocycles. The van der Waals surface area contributed by atoms with Gasteiger partial charge < -0.3 is 29.5 Å². The van der Waals surface area contributed by atoms with Crippen LogP contribution in [0.4, 0.5) is 23.7 Å². The summed E-state index contributed by atoms with van der Waals surface area (Å²) >= 11 is 0. The van der Waals surface area contributed by atoms with Gasteiger partial charge in [-0.25, -0.2) is 9.78 Å². The molecule has 1 unspecified atom stereocenters. The van der Waals surface area contributed by atoms with Gasteiger partial charge in [-0.15, -0.1) is 0 Å². The average Bonchev–Trinajstić information content (AvgIpc) is 3.55. The lowest BCUT2D eigenvalue weighted by atomic mass is 9.76. The molecule has 10 nitrogen and oxygen atoms in total. The van der Waals surface area contributed by atoms with Crippen LogP contribution in [0, 0.1) is 11.8 Å². The van der Waals surface area contributed by atoms with Crippen LogP contribution >= 0.6 is 0 Å². The summed E-state index contributed by atoms with van der Waals surface area (Å²) in [5, 5.41) is 15.4. The minimum Gasteiger partial charge on any atom is -0.494 e. The summed E-state index contributed by atoms with van der Waals surface area (Å²) in [5.74, 6) is 0.204. The lowest BCUT2D eigenvalue weighted by Crippen LogP contribution is -2.41. The van der Waals surface area contributed by atoms with E-state index in [1.165, 1.54) is 13.2 Å². The number of pyridine rings is 1. The number of methoxy groups -OCH3 is 1. The van der Waals surface area contributed by atoms with Crippen molar-refractivity contribution in [3.05, 3.63) is 88.2 Å². The highest BCUT2D eigenvalue weighted by atomic mass is 19.4. The standard InChI is InChI=1S/C38H43F3N4O6/c1-49-33-22-31-28(21-32(33)44-35(46)29-8-5-9-34(43-29)38(39,40)41)20-30(42-31)27-10-15-37(48,16-11-27)24-50-19-14-25-12-17-45(18-13-25)36(47)51-23-26-6-3-2-4-7-26/h2-9,20-22,25,27,30,48H,10-19,23-24H2,1H3,(H,44,46). The van der Waals surface area contributed by atoms with E-state index in [9.17, 15) is 27.9 Å². The Bertz CT molecular complexity index is 1810. The number of fused-ring (bicyclic) bond motifs is 1. The van der Waals surface area contributed by atoms with Crippen LogP contribution in [0.2, 0.25) is 0 Å². The van der Waals surface area contributed by atoms with Crippen LogP contribution in [0.3, 0.4) is 0 Å². The SMILES string of the molecule is COc1cc2c(cc1NC(=O)c1cccc(C(F)(F)F)n1)=CC(C1CCC(O)(COCCC3CCN(C(=O)OCc4ccccc4)CC3)CC1)N=2. The van der Waals surface area contributed by atoms with E-state index in [2.05, 4.69) is 10.3 Å². The fraction of sp³-hybridized carbons (Fsp3) is 0.474. The summed E-state index contributed by atoms with van der Waals surface area (Å²) in [4.78, 5) is 35.4. The molecule has 0 bridgehead atoms. The van der Waals surface area contributed by atoms with Crippen LogP contribution < -0.4 is 20.6 Å². The predicted molar refractivity (Wildman–Crippen MR) is 182 cm³/mol. The maximum atomic E-state index is 13.1. The molecule has 1 atom stereocenters. The molecule has 6 rings (SSSR count). The van der Waals surface area contributed by atoms with Crippen molar-refractivity contribution >= 4 is 23.8 Å². The number of piperidine rings is 1. The second kappa shape index (κ2) is 15.8. The number of hydrogen-bond acceptors (Lipinski definition) is 8. The number of halogens is 3. The summed E-state index contributed by atoms with van der Waals surface area (Å²) in [6.07, 6.45) is 2.45. The molecule has 2 amide bonds. The summed E-state index contributed by atoms with van der Waals surface area (Å²) < 4.78 is 56.2. The molecule has 2 fully saturated rings. The summed E-state index contributed by atoms with van der Waals surface area (Å²) in [5.41, 5.74) is -1.14. The monoisotopic (exact) mass is 708 g/mol. The Hall–Kier alpha value is -4.49. The van der Waals surface area contributed by atoms with Crippen molar-refractivity contribution in [3.63, 3.8) is 0 Å². The highest BCUT2D eigenvalue weighted by Gasteiger charge is 2.37. The third-order valence-corrected chi connectivity index (χ3v) is 10.1. The number of aliphatic hydroxyl groups is 1. The Morgan fingerprint density at radius 3 is 2.47 bits per heavy atom. The maximum absolute atomic E-state index is 13.1. The van der Waals surface area contributed by atoms with E-state index in [1.807, 2.05) is 36.4 Å². The van der Waals surface area contributed by atoms with E-state index < -0.39 is 23.4 Å². The fourth-order valence-corrected chi connectivity index (χ4v) is 7.02. The van der Waals surface area contributed by atoms with Crippen molar-refractivity contribution in [2.24, 2.45) is 16.8 Å². The van der Waals surface area contributed by atoms with Crippen LogP contribution in [0.1, 0.15) is 66.7 Å². The van der Waals surface area contributed by atoms with Crippen molar-refractivity contribution in [2.45, 2.75) is 69.4 Å². The van der Waals surface area contributed by atoms with Crippen molar-refractivity contribution in [1.29, 1.82) is 0 Å². The number of benzene rings is 2. The molecule has 2 N–H and O–H groups in total. The first-order valence-corrected chi connectivity index (χ1v) is 17.4. The second-order valence-corrected chi connectivity index (χ2v) is 13.6. The minimum atomic E-state index is -4.67. The van der Waals surface area contributed by atoms with Crippen molar-refractivity contribution < 1.29 is 42.1 Å². The maximum Gasteiger partial charge on any atom is 0.433 e. The molecule has 0 radical (unpaired) electrons. The Morgan fingerprint density at radius 2 is 1.76 bits per heavy atom. The number of rotatable bonds is 11. The fourth-order valence-electron chi connectivity index (χ4n) is 7.02. The first-order chi connectivity index (χ1) is 24.5. The van der Waals surface area contributed by atoms with Gasteiger partial charge in [0, 0.05) is 31.0 Å². The normalized spacial score (nSPS) is 22.0. The molecule has 1 saturated heterocycles. The molecular formula is C38H43F3N4O6. The van der Waals surface area contributed by atoms with Gasteiger partial charge in [0.25, 0.3) is 5.91 Å². The minimum absolute atomic E-state index is 0.118. The third-order valence-electron chi connectivity index (χ3n) is 10.1. The Labute approximate surface area is 294 Å². The summed E-state index contributed by atoms with van der Waals surface area (Å²) in [6.45, 7) is 2.43. The zero-order valence-electron chi connectivity index (χ0n) is 28.5. The first-order valence-electron chi connectivity index (χ1n) is 17.4. The molecule has 2 aromatic carbocycles. The van der Waals surface area contributed by atoms with E-state index in [0.29, 0.717) is 55.3 Å². The molecular weight excluding hydrogens is 665 g/mol. The molecule has 13 heteroatoms. The molecule has 3 aromatic rings. The molecule has 1 aromatic heterocycles. The molecule has 3 heterocycles. The number of alkyl halides is 3. The smallest absolute Gasteiger partial charge is 0.433 e. The number of nitrogens with zero attached hydrogens (tertiary/aromatic N) is 3. The van der Waals surface area contributed by atoms with Crippen LogP contribution in [0.5, 0.6) is 5.75 Å². The summed E-state index contributed by atoms with van der Waals surface area (Å²) in [6, 6.07) is 16.1. The van der Waals surface area contributed by atoms with Gasteiger partial charge in [-0.2, -0.15) is 13.2 Å². The number of nitrogens with one attached hydrogen (secondary N) is 1. The van der Waals surface area contributed by atoms with Gasteiger partial charge in [0.15, 0.2) is 0 Å². The van der Waals surface area contributed by atoms with Gasteiger partial charge in [0.05, 0.1) is 36.4 Å². The highest BCUT2D eigenvalue weighted by Crippen LogP contribution is 2.36. The zero-order valence-corrected chi connectivity index (χ0v) is 28.5. The second-order valence-electron chi connectivity index (χ2n) is 13.6. The van der Waals surface area contributed by atoms with E-state index in [1.54, 1.807) is 17.0 Å². The number of likely N-dealkylation sites (tertiary alicyclic amines) is 1.